The molecule has 40 heavy (non-hydrogen) atoms. The van der Waals surface area contributed by atoms with Crippen LogP contribution in [-0.4, -0.2) is 14.1 Å². The predicted molar refractivity (Wildman–Crippen MR) is 169 cm³/mol. The summed E-state index contributed by atoms with van der Waals surface area (Å²) in [4.78, 5) is 5.20. The third kappa shape index (κ3) is 4.05. The zero-order chi connectivity index (χ0) is 26.9. The third-order valence-corrected chi connectivity index (χ3v) is 7.31. The molecule has 0 saturated carbocycles. The Labute approximate surface area is 233 Å². The molecule has 0 amide bonds. The molecule has 0 N–H and O–H groups in total. The average Bonchev–Trinajstić information content (AvgIpc) is 3.59. The van der Waals surface area contributed by atoms with Crippen LogP contribution >= 0.6 is 0 Å². The van der Waals surface area contributed by atoms with Crippen molar-refractivity contribution in [3.63, 3.8) is 0 Å². The topological polar surface area (TPSA) is 22.8 Å². The average molecular weight is 514 g/mol. The van der Waals surface area contributed by atoms with Crippen molar-refractivity contribution in [1.82, 2.24) is 14.1 Å². The van der Waals surface area contributed by atoms with Gasteiger partial charge in [-0.15, -0.1) is 0 Å². The van der Waals surface area contributed by atoms with Gasteiger partial charge in [0.05, 0.1) is 22.2 Å². The summed E-state index contributed by atoms with van der Waals surface area (Å²) in [6.07, 6.45) is 11.9. The first-order chi connectivity index (χ1) is 19.8. The molecule has 3 heteroatoms. The largest absolute Gasteiger partial charge is 0.315 e. The van der Waals surface area contributed by atoms with Gasteiger partial charge in [-0.1, -0.05) is 110 Å². The summed E-state index contributed by atoms with van der Waals surface area (Å²) in [6, 6.07) is 40.6. The Kier molecular flexibility index (Phi) is 5.95. The first-order valence-electron chi connectivity index (χ1n) is 13.4. The van der Waals surface area contributed by atoms with Crippen molar-refractivity contribution in [2.45, 2.75) is 0 Å². The standard InChI is InChI=1S/C37H27N3/c1-2-3-4-9-16-30-25-29(27-14-7-5-8-15-27)26-35(38-30)40-34-20-13-12-19-32(34)33-22-21-28-23-24-39(36(28)37(33)40)31-17-10-6-11-18-31/h2-26H,1H2/b4-3-,16-9+. The van der Waals surface area contributed by atoms with E-state index in [0.29, 0.717) is 0 Å². The van der Waals surface area contributed by atoms with Crippen LogP contribution in [0.3, 0.4) is 0 Å². The zero-order valence-corrected chi connectivity index (χ0v) is 22.0. The van der Waals surface area contributed by atoms with E-state index in [1.165, 1.54) is 16.2 Å². The molecule has 3 nitrogen and oxygen atoms in total. The fourth-order valence-corrected chi connectivity index (χ4v) is 5.55. The van der Waals surface area contributed by atoms with Crippen LogP contribution in [0, 0.1) is 0 Å². The molecule has 7 rings (SSSR count). The van der Waals surface area contributed by atoms with Gasteiger partial charge in [-0.25, -0.2) is 4.98 Å². The maximum absolute atomic E-state index is 5.20. The monoisotopic (exact) mass is 513 g/mol. The van der Waals surface area contributed by atoms with Crippen molar-refractivity contribution in [3.8, 4) is 22.6 Å². The number of hydrogen-bond acceptors (Lipinski definition) is 1. The summed E-state index contributed by atoms with van der Waals surface area (Å²) in [5.74, 6) is 0.883. The van der Waals surface area contributed by atoms with Crippen molar-refractivity contribution in [2.75, 3.05) is 0 Å². The molecule has 0 spiro atoms. The fraction of sp³-hybridized carbons (Fsp3) is 0. The molecular formula is C37H27N3. The lowest BCUT2D eigenvalue weighted by Gasteiger charge is -2.13. The van der Waals surface area contributed by atoms with Crippen LogP contribution in [0.5, 0.6) is 0 Å². The molecule has 0 fully saturated rings. The van der Waals surface area contributed by atoms with E-state index in [9.17, 15) is 0 Å². The number of benzene rings is 4. The molecule has 0 aliphatic carbocycles. The normalized spacial score (nSPS) is 11.9. The molecule has 0 saturated heterocycles. The van der Waals surface area contributed by atoms with Crippen LogP contribution in [0.2, 0.25) is 0 Å². The van der Waals surface area contributed by atoms with Crippen LogP contribution in [0.15, 0.2) is 152 Å². The van der Waals surface area contributed by atoms with E-state index in [4.69, 9.17) is 4.98 Å². The Balaban J connectivity index is 1.58. The second-order valence-electron chi connectivity index (χ2n) is 9.76. The van der Waals surface area contributed by atoms with Gasteiger partial charge < -0.3 is 4.57 Å². The van der Waals surface area contributed by atoms with E-state index in [2.05, 4.69) is 131 Å². The number of para-hydroxylation sites is 2. The Bertz CT molecular complexity index is 2060. The van der Waals surface area contributed by atoms with E-state index in [-0.39, 0.29) is 0 Å². The summed E-state index contributed by atoms with van der Waals surface area (Å²) in [5, 5.41) is 3.60. The molecular weight excluding hydrogens is 486 g/mol. The molecule has 4 aromatic carbocycles. The van der Waals surface area contributed by atoms with Crippen molar-refractivity contribution < 1.29 is 0 Å². The predicted octanol–water partition coefficient (Wildman–Crippen LogP) is 9.54. The van der Waals surface area contributed by atoms with E-state index in [0.717, 1.165) is 44.9 Å². The van der Waals surface area contributed by atoms with Crippen molar-refractivity contribution in [3.05, 3.63) is 158 Å². The van der Waals surface area contributed by atoms with Gasteiger partial charge in [0.25, 0.3) is 0 Å². The lowest BCUT2D eigenvalue weighted by atomic mass is 10.1. The number of rotatable bonds is 6. The quantitative estimate of drug-likeness (QED) is 0.203. The summed E-state index contributed by atoms with van der Waals surface area (Å²) in [5.41, 5.74) is 7.73. The molecule has 0 radical (unpaired) electrons. The van der Waals surface area contributed by atoms with Gasteiger partial charge in [0.2, 0.25) is 0 Å². The number of pyridine rings is 1. The molecule has 3 heterocycles. The van der Waals surface area contributed by atoms with Crippen LogP contribution in [0.1, 0.15) is 5.69 Å². The number of fused-ring (bicyclic) bond motifs is 5. The second-order valence-corrected chi connectivity index (χ2v) is 9.76. The summed E-state index contributed by atoms with van der Waals surface area (Å²) < 4.78 is 4.62. The van der Waals surface area contributed by atoms with Gasteiger partial charge in [-0.2, -0.15) is 0 Å². The molecule has 0 atom stereocenters. The van der Waals surface area contributed by atoms with Crippen molar-refractivity contribution in [1.29, 1.82) is 0 Å². The van der Waals surface area contributed by atoms with E-state index >= 15 is 0 Å². The Morgan fingerprint density at radius 2 is 1.40 bits per heavy atom. The summed E-state index contributed by atoms with van der Waals surface area (Å²) in [7, 11) is 0. The van der Waals surface area contributed by atoms with Crippen LogP contribution < -0.4 is 0 Å². The van der Waals surface area contributed by atoms with Gasteiger partial charge in [0.1, 0.15) is 5.82 Å². The van der Waals surface area contributed by atoms with Crippen LogP contribution in [0.4, 0.5) is 0 Å². The SMILES string of the molecule is C=C/C=C\C=C\c1cc(-c2ccccc2)cc(-n2c3ccccc3c3ccc4ccn(-c5ccccc5)c4c32)n1. The molecule has 0 aliphatic rings. The zero-order valence-electron chi connectivity index (χ0n) is 22.0. The molecule has 0 unspecified atom stereocenters. The van der Waals surface area contributed by atoms with Crippen LogP contribution in [0.25, 0.3) is 61.4 Å². The highest BCUT2D eigenvalue weighted by atomic mass is 15.1. The Hall–Kier alpha value is -5.41. The van der Waals surface area contributed by atoms with Crippen molar-refractivity contribution >= 4 is 38.8 Å². The summed E-state index contributed by atoms with van der Waals surface area (Å²) in [6.45, 7) is 3.77. The highest BCUT2D eigenvalue weighted by Gasteiger charge is 2.19. The lowest BCUT2D eigenvalue weighted by Crippen LogP contribution is -2.01. The van der Waals surface area contributed by atoms with E-state index < -0.39 is 0 Å². The minimum absolute atomic E-state index is 0.883. The maximum atomic E-state index is 5.20. The fourth-order valence-electron chi connectivity index (χ4n) is 5.55. The van der Waals surface area contributed by atoms with Crippen molar-refractivity contribution in [2.24, 2.45) is 0 Å². The van der Waals surface area contributed by atoms with Gasteiger partial charge in [-0.05, 0) is 53.6 Å². The highest BCUT2D eigenvalue weighted by Crippen LogP contribution is 2.38. The van der Waals surface area contributed by atoms with Gasteiger partial charge in [-0.3, -0.25) is 4.57 Å². The molecule has 7 aromatic rings. The second kappa shape index (κ2) is 10.0. The summed E-state index contributed by atoms with van der Waals surface area (Å²) >= 11 is 0. The van der Waals surface area contributed by atoms with E-state index in [1.54, 1.807) is 6.08 Å². The molecule has 3 aromatic heterocycles. The third-order valence-electron chi connectivity index (χ3n) is 7.31. The maximum Gasteiger partial charge on any atom is 0.138 e. The van der Waals surface area contributed by atoms with Gasteiger partial charge >= 0.3 is 0 Å². The smallest absolute Gasteiger partial charge is 0.138 e. The van der Waals surface area contributed by atoms with E-state index in [1.807, 2.05) is 30.4 Å². The number of hydrogen-bond donors (Lipinski definition) is 0. The minimum atomic E-state index is 0.883. The lowest BCUT2D eigenvalue weighted by molar-refractivity contribution is 1.06. The first-order valence-corrected chi connectivity index (χ1v) is 13.4. The highest BCUT2D eigenvalue weighted by molar-refractivity contribution is 6.18. The molecule has 0 aliphatic heterocycles. The number of allylic oxidation sites excluding steroid dienone is 4. The Morgan fingerprint density at radius 1 is 0.625 bits per heavy atom. The van der Waals surface area contributed by atoms with Gasteiger partial charge in [0.15, 0.2) is 0 Å². The number of nitrogens with zero attached hydrogens (tertiary/aromatic N) is 3. The number of aromatic nitrogens is 3. The van der Waals surface area contributed by atoms with Gasteiger partial charge in [0, 0.05) is 28.0 Å². The first kappa shape index (κ1) is 23.7. The Morgan fingerprint density at radius 3 is 2.23 bits per heavy atom. The molecule has 0 bridgehead atoms. The minimum Gasteiger partial charge on any atom is -0.315 e. The van der Waals surface area contributed by atoms with Crippen LogP contribution in [-0.2, 0) is 0 Å². The molecule has 190 valence electrons.